The summed E-state index contributed by atoms with van der Waals surface area (Å²) in [6.07, 6.45) is 5.35. The molecule has 1 unspecified atom stereocenters. The summed E-state index contributed by atoms with van der Waals surface area (Å²) >= 11 is 12.7. The fourth-order valence-electron chi connectivity index (χ4n) is 3.88. The van der Waals surface area contributed by atoms with Gasteiger partial charge < -0.3 is 10.2 Å². The maximum atomic E-state index is 13.2. The molecule has 2 amide bonds. The van der Waals surface area contributed by atoms with Crippen LogP contribution in [0.1, 0.15) is 50.2 Å². The van der Waals surface area contributed by atoms with E-state index in [0.717, 1.165) is 25.7 Å². The van der Waals surface area contributed by atoms with E-state index >= 15 is 0 Å². The van der Waals surface area contributed by atoms with Gasteiger partial charge in [0.25, 0.3) is 0 Å². The van der Waals surface area contributed by atoms with Crippen LogP contribution in [0.25, 0.3) is 0 Å². The number of amides is 2. The van der Waals surface area contributed by atoms with Crippen LogP contribution in [0.2, 0.25) is 10.0 Å². The highest BCUT2D eigenvalue weighted by molar-refractivity contribution is 6.36. The van der Waals surface area contributed by atoms with Crippen LogP contribution in [-0.4, -0.2) is 28.8 Å². The van der Waals surface area contributed by atoms with Gasteiger partial charge in [-0.25, -0.2) is 4.39 Å². The van der Waals surface area contributed by atoms with Gasteiger partial charge in [-0.3, -0.25) is 9.59 Å². The zero-order chi connectivity index (χ0) is 22.4. The van der Waals surface area contributed by atoms with Gasteiger partial charge in [-0.1, -0.05) is 60.7 Å². The maximum Gasteiger partial charge on any atom is 0.242 e. The van der Waals surface area contributed by atoms with E-state index in [4.69, 9.17) is 23.2 Å². The summed E-state index contributed by atoms with van der Waals surface area (Å²) in [7, 11) is 0. The maximum absolute atomic E-state index is 13.2. The Morgan fingerprint density at radius 1 is 1.06 bits per heavy atom. The fraction of sp³-hybridized carbons (Fsp3) is 0.417. The monoisotopic (exact) mass is 464 g/mol. The van der Waals surface area contributed by atoms with Crippen LogP contribution in [0.3, 0.4) is 0 Å². The summed E-state index contributed by atoms with van der Waals surface area (Å²) in [6.45, 7) is 1.82. The van der Waals surface area contributed by atoms with E-state index in [1.54, 1.807) is 37.3 Å². The van der Waals surface area contributed by atoms with Gasteiger partial charge in [0.1, 0.15) is 11.9 Å². The predicted octanol–water partition coefficient (Wildman–Crippen LogP) is 5.54. The Bertz CT molecular complexity index is 894. The molecular formula is C24H27Cl2FN2O2. The summed E-state index contributed by atoms with van der Waals surface area (Å²) in [5, 5.41) is 3.97. The second-order valence-electron chi connectivity index (χ2n) is 8.04. The number of carbonyl (C=O) groups excluding carboxylic acids is 2. The third-order valence-corrected chi connectivity index (χ3v) is 6.49. The Hall–Kier alpha value is -2.11. The number of benzene rings is 2. The molecule has 0 radical (unpaired) electrons. The average molecular weight is 465 g/mol. The molecule has 2 aromatic carbocycles. The second-order valence-corrected chi connectivity index (χ2v) is 8.86. The highest BCUT2D eigenvalue weighted by Crippen LogP contribution is 2.27. The van der Waals surface area contributed by atoms with Crippen molar-refractivity contribution in [3.05, 3.63) is 69.5 Å². The van der Waals surface area contributed by atoms with Crippen molar-refractivity contribution >= 4 is 35.0 Å². The highest BCUT2D eigenvalue weighted by atomic mass is 35.5. The Labute approximate surface area is 192 Å². The molecule has 2 aromatic rings. The number of hydrogen-bond donors (Lipinski definition) is 1. The Morgan fingerprint density at radius 3 is 2.29 bits per heavy atom. The lowest BCUT2D eigenvalue weighted by Crippen LogP contribution is -2.50. The third kappa shape index (κ3) is 6.44. The lowest BCUT2D eigenvalue weighted by Gasteiger charge is -2.31. The molecule has 0 spiro atoms. The smallest absolute Gasteiger partial charge is 0.242 e. The van der Waals surface area contributed by atoms with Gasteiger partial charge in [0.15, 0.2) is 0 Å². The number of nitrogens with zero attached hydrogens (tertiary/aromatic N) is 1. The summed E-state index contributed by atoms with van der Waals surface area (Å²) in [6, 6.07) is 10.4. The van der Waals surface area contributed by atoms with Crippen molar-refractivity contribution in [2.24, 2.45) is 0 Å². The fourth-order valence-corrected chi connectivity index (χ4v) is 4.40. The summed E-state index contributed by atoms with van der Waals surface area (Å²) < 4.78 is 13.2. The molecule has 0 aliphatic heterocycles. The Morgan fingerprint density at radius 2 is 1.68 bits per heavy atom. The van der Waals surface area contributed by atoms with E-state index < -0.39 is 6.04 Å². The number of carbonyl (C=O) groups is 2. The molecule has 0 aromatic heterocycles. The Balaban J connectivity index is 1.80. The summed E-state index contributed by atoms with van der Waals surface area (Å²) in [4.78, 5) is 27.7. The second kappa shape index (κ2) is 11.0. The largest absolute Gasteiger partial charge is 0.352 e. The van der Waals surface area contributed by atoms with Crippen LogP contribution in [0, 0.1) is 5.82 Å². The zero-order valence-corrected chi connectivity index (χ0v) is 19.1. The molecule has 1 fully saturated rings. The number of hydrogen-bond acceptors (Lipinski definition) is 2. The van der Waals surface area contributed by atoms with Crippen molar-refractivity contribution in [2.45, 2.75) is 64.1 Å². The van der Waals surface area contributed by atoms with Crippen LogP contribution in [0.5, 0.6) is 0 Å². The minimum absolute atomic E-state index is 0.0450. The SMILES string of the molecule is CC(C(=O)NC1CCCCC1)N(Cc1c(Cl)cccc1Cl)C(=O)Cc1ccc(F)cc1. The Kier molecular flexibility index (Phi) is 8.33. The molecule has 1 N–H and O–H groups in total. The van der Waals surface area contributed by atoms with Crippen LogP contribution in [-0.2, 0) is 22.6 Å². The zero-order valence-electron chi connectivity index (χ0n) is 17.5. The predicted molar refractivity (Wildman–Crippen MR) is 122 cm³/mol. The lowest BCUT2D eigenvalue weighted by atomic mass is 9.95. The normalized spacial score (nSPS) is 15.4. The standard InChI is InChI=1S/C24H27Cl2FN2O2/c1-16(24(31)28-19-6-3-2-4-7-19)29(15-20-21(25)8-5-9-22(20)26)23(30)14-17-10-12-18(27)13-11-17/h5,8-13,16,19H,2-4,6-7,14-15H2,1H3,(H,28,31). The van der Waals surface area contributed by atoms with Gasteiger partial charge in [0, 0.05) is 28.2 Å². The summed E-state index contributed by atoms with van der Waals surface area (Å²) in [5.74, 6) is -0.812. The number of nitrogens with one attached hydrogen (secondary N) is 1. The molecule has 166 valence electrons. The lowest BCUT2D eigenvalue weighted by molar-refractivity contribution is -0.140. The van der Waals surface area contributed by atoms with Crippen LogP contribution in [0.15, 0.2) is 42.5 Å². The van der Waals surface area contributed by atoms with E-state index in [1.807, 2.05) is 0 Å². The molecule has 0 saturated heterocycles. The first-order valence-corrected chi connectivity index (χ1v) is 11.4. The van der Waals surface area contributed by atoms with Gasteiger partial charge in [0.05, 0.1) is 6.42 Å². The molecule has 1 aliphatic carbocycles. The topological polar surface area (TPSA) is 49.4 Å². The molecule has 7 heteroatoms. The first kappa shape index (κ1) is 23.6. The van der Waals surface area contributed by atoms with Crippen molar-refractivity contribution in [2.75, 3.05) is 0 Å². The molecule has 3 rings (SSSR count). The molecule has 4 nitrogen and oxygen atoms in total. The number of rotatable bonds is 7. The molecule has 1 saturated carbocycles. The van der Waals surface area contributed by atoms with E-state index in [1.165, 1.54) is 23.5 Å². The van der Waals surface area contributed by atoms with Crippen LogP contribution >= 0.6 is 23.2 Å². The molecule has 31 heavy (non-hydrogen) atoms. The molecule has 1 atom stereocenters. The molecule has 1 aliphatic rings. The van der Waals surface area contributed by atoms with Crippen molar-refractivity contribution in [1.29, 1.82) is 0 Å². The van der Waals surface area contributed by atoms with Gasteiger partial charge in [0.2, 0.25) is 11.8 Å². The first-order chi connectivity index (χ1) is 14.8. The van der Waals surface area contributed by atoms with E-state index in [2.05, 4.69) is 5.32 Å². The van der Waals surface area contributed by atoms with Crippen LogP contribution < -0.4 is 5.32 Å². The minimum atomic E-state index is -0.706. The van der Waals surface area contributed by atoms with E-state index in [-0.39, 0.29) is 36.6 Å². The number of halogens is 3. The summed E-state index contributed by atoms with van der Waals surface area (Å²) in [5.41, 5.74) is 1.26. The molecular weight excluding hydrogens is 438 g/mol. The highest BCUT2D eigenvalue weighted by Gasteiger charge is 2.29. The van der Waals surface area contributed by atoms with Gasteiger partial charge in [-0.05, 0) is 49.6 Å². The van der Waals surface area contributed by atoms with Crippen molar-refractivity contribution in [3.8, 4) is 0 Å². The van der Waals surface area contributed by atoms with E-state index in [9.17, 15) is 14.0 Å². The molecule has 0 bridgehead atoms. The van der Waals surface area contributed by atoms with Gasteiger partial charge in [-0.2, -0.15) is 0 Å². The third-order valence-electron chi connectivity index (χ3n) is 5.78. The minimum Gasteiger partial charge on any atom is -0.352 e. The first-order valence-electron chi connectivity index (χ1n) is 10.6. The average Bonchev–Trinajstić information content (AvgIpc) is 2.75. The van der Waals surface area contributed by atoms with E-state index in [0.29, 0.717) is 21.2 Å². The quantitative estimate of drug-likeness (QED) is 0.584. The van der Waals surface area contributed by atoms with Gasteiger partial charge in [-0.15, -0.1) is 0 Å². The van der Waals surface area contributed by atoms with Crippen LogP contribution in [0.4, 0.5) is 4.39 Å². The van der Waals surface area contributed by atoms with Crippen molar-refractivity contribution in [1.82, 2.24) is 10.2 Å². The van der Waals surface area contributed by atoms with Crippen molar-refractivity contribution in [3.63, 3.8) is 0 Å². The van der Waals surface area contributed by atoms with Crippen molar-refractivity contribution < 1.29 is 14.0 Å². The van der Waals surface area contributed by atoms with Gasteiger partial charge >= 0.3 is 0 Å². The molecule has 0 heterocycles.